The highest BCUT2D eigenvalue weighted by Gasteiger charge is 2.20. The number of likely N-dealkylation sites (tertiary alicyclic amines) is 1. The van der Waals surface area contributed by atoms with E-state index in [0.717, 1.165) is 32.6 Å². The van der Waals surface area contributed by atoms with E-state index in [1.165, 1.54) is 55.6 Å². The van der Waals surface area contributed by atoms with Crippen molar-refractivity contribution in [2.24, 2.45) is 16.6 Å². The summed E-state index contributed by atoms with van der Waals surface area (Å²) in [5.74, 6) is 1.33. The molecule has 1 saturated heterocycles. The van der Waals surface area contributed by atoms with Crippen molar-refractivity contribution in [1.29, 1.82) is 0 Å². The number of aromatic nitrogens is 1. The van der Waals surface area contributed by atoms with Crippen LogP contribution in [0.1, 0.15) is 62.6 Å². The molecule has 0 bridgehead atoms. The van der Waals surface area contributed by atoms with E-state index in [1.54, 1.807) is 11.3 Å². The van der Waals surface area contributed by atoms with Crippen LogP contribution in [0.3, 0.4) is 0 Å². The number of hydrogen-bond acceptors (Lipinski definition) is 4. The van der Waals surface area contributed by atoms with Crippen molar-refractivity contribution in [3.8, 4) is 0 Å². The average molecular weight is 364 g/mol. The van der Waals surface area contributed by atoms with Gasteiger partial charge in [0.2, 0.25) is 0 Å². The summed E-state index contributed by atoms with van der Waals surface area (Å²) >= 11 is 1.79. The van der Waals surface area contributed by atoms with Crippen molar-refractivity contribution in [3.05, 3.63) is 16.1 Å². The molecule has 6 heteroatoms. The number of nitrogens with two attached hydrogens (primary N) is 1. The number of hydrogen-bond donors (Lipinski definition) is 2. The molecule has 1 aliphatic heterocycles. The molecule has 0 radical (unpaired) electrons. The average Bonchev–Trinajstić information content (AvgIpc) is 3.10. The number of nitrogens with one attached hydrogen (secondary N) is 1. The monoisotopic (exact) mass is 363 g/mol. The second-order valence-corrected chi connectivity index (χ2v) is 8.45. The molecule has 5 nitrogen and oxygen atoms in total. The molecule has 25 heavy (non-hydrogen) atoms. The van der Waals surface area contributed by atoms with Gasteiger partial charge in [-0.2, -0.15) is 0 Å². The van der Waals surface area contributed by atoms with Gasteiger partial charge >= 0.3 is 0 Å². The second kappa shape index (κ2) is 9.53. The quantitative estimate of drug-likeness (QED) is 0.602. The molecule has 2 fully saturated rings. The first-order chi connectivity index (χ1) is 12.2. The van der Waals surface area contributed by atoms with Gasteiger partial charge in [-0.15, -0.1) is 11.3 Å². The molecule has 0 unspecified atom stereocenters. The number of aliphatic imine (C=N–C) groups is 1. The number of rotatable bonds is 6. The van der Waals surface area contributed by atoms with Gasteiger partial charge in [0.15, 0.2) is 5.96 Å². The summed E-state index contributed by atoms with van der Waals surface area (Å²) in [5, 5.41) is 6.88. The molecule has 2 aliphatic rings. The Morgan fingerprint density at radius 1 is 1.28 bits per heavy atom. The predicted octanol–water partition coefficient (Wildman–Crippen LogP) is 3.15. The van der Waals surface area contributed by atoms with Crippen LogP contribution in [-0.2, 0) is 13.0 Å². The minimum Gasteiger partial charge on any atom is -0.370 e. The Bertz CT molecular complexity index is 542. The molecule has 3 rings (SSSR count). The summed E-state index contributed by atoms with van der Waals surface area (Å²) in [6.07, 6.45) is 9.96. The Balaban J connectivity index is 1.36. The molecule has 1 aromatic rings. The van der Waals surface area contributed by atoms with Crippen LogP contribution in [0.5, 0.6) is 0 Å². The van der Waals surface area contributed by atoms with Gasteiger partial charge in [-0.25, -0.2) is 4.98 Å². The molecule has 0 aromatic carbocycles. The SMILES string of the molecule is CCc1nc(CN2CCC(CN=C(N)NC3CCCCC3)CC2)cs1. The highest BCUT2D eigenvalue weighted by molar-refractivity contribution is 7.09. The van der Waals surface area contributed by atoms with Gasteiger partial charge < -0.3 is 11.1 Å². The third-order valence-electron chi connectivity index (χ3n) is 5.47. The highest BCUT2D eigenvalue weighted by atomic mass is 32.1. The number of guanidine groups is 1. The number of nitrogens with zero attached hydrogens (tertiary/aromatic N) is 3. The van der Waals surface area contributed by atoms with Gasteiger partial charge in [0.25, 0.3) is 0 Å². The molecule has 1 aromatic heterocycles. The normalized spacial score (nSPS) is 21.6. The van der Waals surface area contributed by atoms with E-state index in [0.29, 0.717) is 17.9 Å². The maximum Gasteiger partial charge on any atom is 0.188 e. The van der Waals surface area contributed by atoms with Gasteiger partial charge in [-0.1, -0.05) is 26.2 Å². The zero-order valence-electron chi connectivity index (χ0n) is 15.5. The molecule has 140 valence electrons. The summed E-state index contributed by atoms with van der Waals surface area (Å²) in [4.78, 5) is 11.8. The lowest BCUT2D eigenvalue weighted by molar-refractivity contribution is 0.179. The summed E-state index contributed by atoms with van der Waals surface area (Å²) in [6.45, 7) is 6.33. The van der Waals surface area contributed by atoms with Crippen molar-refractivity contribution in [3.63, 3.8) is 0 Å². The standard InChI is InChI=1S/C19H33N5S/c1-2-18-22-17(14-25-18)13-24-10-8-15(9-11-24)12-21-19(20)23-16-6-4-3-5-7-16/h14-16H,2-13H2,1H3,(H3,20,21,23). The Labute approximate surface area is 156 Å². The largest absolute Gasteiger partial charge is 0.370 e. The first kappa shape index (κ1) is 18.6. The molecule has 3 N–H and O–H groups in total. The van der Waals surface area contributed by atoms with E-state index in [2.05, 4.69) is 32.5 Å². The lowest BCUT2D eigenvalue weighted by atomic mass is 9.95. The third-order valence-corrected chi connectivity index (χ3v) is 6.51. The van der Waals surface area contributed by atoms with Crippen LogP contribution in [0.2, 0.25) is 0 Å². The summed E-state index contributed by atoms with van der Waals surface area (Å²) in [5.41, 5.74) is 7.32. The van der Waals surface area contributed by atoms with Gasteiger partial charge in [0.05, 0.1) is 10.7 Å². The third kappa shape index (κ3) is 5.96. The molecule has 0 amide bonds. The maximum atomic E-state index is 6.09. The summed E-state index contributed by atoms with van der Waals surface area (Å²) in [7, 11) is 0. The second-order valence-electron chi connectivity index (χ2n) is 7.51. The van der Waals surface area contributed by atoms with Crippen LogP contribution in [0.4, 0.5) is 0 Å². The molecule has 2 heterocycles. The van der Waals surface area contributed by atoms with Crippen LogP contribution in [0.15, 0.2) is 10.4 Å². The van der Waals surface area contributed by atoms with Gasteiger partial charge in [-0.3, -0.25) is 9.89 Å². The van der Waals surface area contributed by atoms with Crippen molar-refractivity contribution in [1.82, 2.24) is 15.2 Å². The van der Waals surface area contributed by atoms with Crippen molar-refractivity contribution < 1.29 is 0 Å². The van der Waals surface area contributed by atoms with E-state index in [4.69, 9.17) is 5.73 Å². The summed E-state index contributed by atoms with van der Waals surface area (Å²) < 4.78 is 0. The minimum atomic E-state index is 0.547. The minimum absolute atomic E-state index is 0.547. The zero-order chi connectivity index (χ0) is 17.5. The van der Waals surface area contributed by atoms with Crippen LogP contribution >= 0.6 is 11.3 Å². The number of piperidine rings is 1. The Morgan fingerprint density at radius 3 is 2.72 bits per heavy atom. The topological polar surface area (TPSA) is 66.5 Å². The lowest BCUT2D eigenvalue weighted by Crippen LogP contribution is -2.41. The molecular formula is C19H33N5S. The Hall–Kier alpha value is -1.14. The van der Waals surface area contributed by atoms with Crippen molar-refractivity contribution >= 4 is 17.3 Å². The lowest BCUT2D eigenvalue weighted by Gasteiger charge is -2.30. The molecule has 0 atom stereocenters. The smallest absolute Gasteiger partial charge is 0.188 e. The van der Waals surface area contributed by atoms with Crippen LogP contribution in [0.25, 0.3) is 0 Å². The molecule has 0 spiro atoms. The van der Waals surface area contributed by atoms with E-state index in [-0.39, 0.29) is 0 Å². The fourth-order valence-electron chi connectivity index (χ4n) is 3.87. The van der Waals surface area contributed by atoms with E-state index in [1.807, 2.05) is 0 Å². The predicted molar refractivity (Wildman–Crippen MR) is 106 cm³/mol. The van der Waals surface area contributed by atoms with Gasteiger partial charge in [0.1, 0.15) is 0 Å². The Morgan fingerprint density at radius 2 is 2.04 bits per heavy atom. The van der Waals surface area contributed by atoms with Crippen LogP contribution in [0, 0.1) is 5.92 Å². The molecule has 1 aliphatic carbocycles. The van der Waals surface area contributed by atoms with Crippen LogP contribution in [-0.4, -0.2) is 41.5 Å². The first-order valence-corrected chi connectivity index (χ1v) is 10.8. The zero-order valence-corrected chi connectivity index (χ0v) is 16.4. The van der Waals surface area contributed by atoms with Gasteiger partial charge in [0, 0.05) is 24.5 Å². The van der Waals surface area contributed by atoms with E-state index >= 15 is 0 Å². The summed E-state index contributed by atoms with van der Waals surface area (Å²) in [6, 6.07) is 0.547. The highest BCUT2D eigenvalue weighted by Crippen LogP contribution is 2.21. The van der Waals surface area contributed by atoms with Crippen LogP contribution < -0.4 is 11.1 Å². The molecular weight excluding hydrogens is 330 g/mol. The maximum absolute atomic E-state index is 6.09. The van der Waals surface area contributed by atoms with Crippen molar-refractivity contribution in [2.75, 3.05) is 19.6 Å². The Kier molecular flexibility index (Phi) is 7.11. The fourth-order valence-corrected chi connectivity index (χ4v) is 4.61. The number of thiazole rings is 1. The first-order valence-electron chi connectivity index (χ1n) is 9.95. The van der Waals surface area contributed by atoms with Gasteiger partial charge in [-0.05, 0) is 51.1 Å². The van der Waals surface area contributed by atoms with Crippen molar-refractivity contribution in [2.45, 2.75) is 70.9 Å². The number of aryl methyl sites for hydroxylation is 1. The fraction of sp³-hybridized carbons (Fsp3) is 0.789. The van der Waals surface area contributed by atoms with E-state index in [9.17, 15) is 0 Å². The van der Waals surface area contributed by atoms with E-state index < -0.39 is 0 Å². The molecule has 1 saturated carbocycles.